The maximum Gasteiger partial charge on any atom is 0.260 e. The average molecular weight is 304 g/mol. The molecule has 0 radical (unpaired) electrons. The first-order chi connectivity index (χ1) is 8.93. The van der Waals surface area contributed by atoms with Crippen LogP contribution >= 0.6 is 23.2 Å². The van der Waals surface area contributed by atoms with Crippen LogP contribution in [0, 0.1) is 0 Å². The van der Waals surface area contributed by atoms with Crippen molar-refractivity contribution >= 4 is 29.1 Å². The zero-order chi connectivity index (χ0) is 14.4. The highest BCUT2D eigenvalue weighted by molar-refractivity contribution is 6.34. The minimum absolute atomic E-state index is 0.137. The van der Waals surface area contributed by atoms with Gasteiger partial charge >= 0.3 is 0 Å². The van der Waals surface area contributed by atoms with Crippen LogP contribution in [-0.2, 0) is 4.79 Å². The van der Waals surface area contributed by atoms with Gasteiger partial charge in [0, 0.05) is 17.1 Å². The van der Waals surface area contributed by atoms with E-state index < -0.39 is 6.10 Å². The lowest BCUT2D eigenvalue weighted by atomic mass is 10.2. The van der Waals surface area contributed by atoms with Crippen molar-refractivity contribution in [2.45, 2.75) is 45.8 Å². The van der Waals surface area contributed by atoms with E-state index in [1.807, 2.05) is 6.92 Å². The number of carbonyl (C=O) groups excluding carboxylic acids is 1. The number of halogens is 2. The summed E-state index contributed by atoms with van der Waals surface area (Å²) in [6.45, 7) is 5.74. The monoisotopic (exact) mass is 303 g/mol. The van der Waals surface area contributed by atoms with Crippen molar-refractivity contribution in [1.82, 2.24) is 5.32 Å². The second-order valence-electron chi connectivity index (χ2n) is 4.53. The minimum Gasteiger partial charge on any atom is -0.479 e. The quantitative estimate of drug-likeness (QED) is 0.860. The average Bonchev–Trinajstić information content (AvgIpc) is 2.34. The maximum absolute atomic E-state index is 11.9. The summed E-state index contributed by atoms with van der Waals surface area (Å²) in [5.74, 6) is 0.261. The number of ether oxygens (including phenoxy) is 1. The Morgan fingerprint density at radius 3 is 2.68 bits per heavy atom. The normalized spacial score (nSPS) is 13.7. The van der Waals surface area contributed by atoms with Crippen LogP contribution in [0.4, 0.5) is 0 Å². The molecule has 0 aliphatic heterocycles. The molecule has 0 saturated carbocycles. The third-order valence-electron chi connectivity index (χ3n) is 2.68. The van der Waals surface area contributed by atoms with E-state index in [-0.39, 0.29) is 11.9 Å². The summed E-state index contributed by atoms with van der Waals surface area (Å²) in [5, 5.41) is 3.85. The summed E-state index contributed by atoms with van der Waals surface area (Å²) < 4.78 is 5.54. The Kier molecular flexibility index (Phi) is 6.46. The fraction of sp³-hybridized carbons (Fsp3) is 0.500. The lowest BCUT2D eigenvalue weighted by Gasteiger charge is -2.19. The van der Waals surface area contributed by atoms with Crippen molar-refractivity contribution in [3.63, 3.8) is 0 Å². The van der Waals surface area contributed by atoms with Gasteiger partial charge in [-0.3, -0.25) is 4.79 Å². The van der Waals surface area contributed by atoms with Crippen LogP contribution < -0.4 is 10.1 Å². The van der Waals surface area contributed by atoms with Crippen molar-refractivity contribution in [1.29, 1.82) is 0 Å². The number of benzene rings is 1. The highest BCUT2D eigenvalue weighted by Crippen LogP contribution is 2.28. The standard InChI is InChI=1S/C14H19Cl2NO2/c1-4-5-9(2)17-14(18)10(3)19-13-8-11(15)6-7-12(13)16/h6-10H,4-5H2,1-3H3,(H,17,18). The molecule has 0 bridgehead atoms. The second-order valence-corrected chi connectivity index (χ2v) is 5.38. The van der Waals surface area contributed by atoms with Crippen LogP contribution in [0.5, 0.6) is 5.75 Å². The molecule has 1 N–H and O–H groups in total. The number of rotatable bonds is 6. The molecule has 0 spiro atoms. The molecule has 19 heavy (non-hydrogen) atoms. The van der Waals surface area contributed by atoms with Gasteiger partial charge in [0.1, 0.15) is 5.75 Å². The van der Waals surface area contributed by atoms with Gasteiger partial charge in [0.05, 0.1) is 5.02 Å². The first-order valence-electron chi connectivity index (χ1n) is 6.36. The van der Waals surface area contributed by atoms with E-state index in [9.17, 15) is 4.79 Å². The van der Waals surface area contributed by atoms with Gasteiger partial charge < -0.3 is 10.1 Å². The number of amides is 1. The Labute approximate surface area is 124 Å². The Hall–Kier alpha value is -0.930. The molecule has 0 aliphatic carbocycles. The molecular weight excluding hydrogens is 285 g/mol. The van der Waals surface area contributed by atoms with E-state index in [0.717, 1.165) is 12.8 Å². The summed E-state index contributed by atoms with van der Waals surface area (Å²) in [5.41, 5.74) is 0. The van der Waals surface area contributed by atoms with E-state index >= 15 is 0 Å². The molecule has 2 atom stereocenters. The van der Waals surface area contributed by atoms with Gasteiger partial charge in [0.15, 0.2) is 6.10 Å². The summed E-state index contributed by atoms with van der Waals surface area (Å²) >= 11 is 11.9. The summed E-state index contributed by atoms with van der Waals surface area (Å²) in [6.07, 6.45) is 1.35. The molecule has 3 nitrogen and oxygen atoms in total. The van der Waals surface area contributed by atoms with Gasteiger partial charge in [-0.15, -0.1) is 0 Å². The zero-order valence-corrected chi connectivity index (χ0v) is 12.9. The third-order valence-corrected chi connectivity index (χ3v) is 3.22. The van der Waals surface area contributed by atoms with Gasteiger partial charge in [-0.05, 0) is 32.4 Å². The molecule has 1 amide bonds. The molecule has 1 aromatic rings. The first kappa shape index (κ1) is 16.1. The molecule has 0 aromatic heterocycles. The van der Waals surface area contributed by atoms with Crippen LogP contribution in [0.1, 0.15) is 33.6 Å². The van der Waals surface area contributed by atoms with Crippen LogP contribution in [0.25, 0.3) is 0 Å². The maximum atomic E-state index is 11.9. The van der Waals surface area contributed by atoms with Crippen LogP contribution in [-0.4, -0.2) is 18.1 Å². The minimum atomic E-state index is -0.615. The smallest absolute Gasteiger partial charge is 0.260 e. The fourth-order valence-electron chi connectivity index (χ4n) is 1.68. The van der Waals surface area contributed by atoms with E-state index in [1.54, 1.807) is 25.1 Å². The van der Waals surface area contributed by atoms with E-state index in [2.05, 4.69) is 12.2 Å². The largest absolute Gasteiger partial charge is 0.479 e. The zero-order valence-electron chi connectivity index (χ0n) is 11.4. The number of hydrogen-bond donors (Lipinski definition) is 1. The number of hydrogen-bond acceptors (Lipinski definition) is 2. The lowest BCUT2D eigenvalue weighted by Crippen LogP contribution is -2.41. The first-order valence-corrected chi connectivity index (χ1v) is 7.11. The van der Waals surface area contributed by atoms with Gasteiger partial charge in [0.25, 0.3) is 5.91 Å². The fourth-order valence-corrected chi connectivity index (χ4v) is 2.00. The van der Waals surface area contributed by atoms with Crippen LogP contribution in [0.2, 0.25) is 10.0 Å². The molecule has 5 heteroatoms. The van der Waals surface area contributed by atoms with Gasteiger partial charge in [-0.1, -0.05) is 36.5 Å². The summed E-state index contributed by atoms with van der Waals surface area (Å²) in [6, 6.07) is 5.05. The van der Waals surface area contributed by atoms with E-state index in [1.165, 1.54) is 0 Å². The highest BCUT2D eigenvalue weighted by atomic mass is 35.5. The molecule has 0 heterocycles. The predicted octanol–water partition coefficient (Wildman–Crippen LogP) is 4.07. The third kappa shape index (κ3) is 5.29. The molecule has 0 aliphatic rings. The molecular formula is C14H19Cl2NO2. The molecule has 0 saturated heterocycles. The van der Waals surface area contributed by atoms with Gasteiger partial charge in [-0.25, -0.2) is 0 Å². The highest BCUT2D eigenvalue weighted by Gasteiger charge is 2.17. The number of carbonyl (C=O) groups is 1. The second kappa shape index (κ2) is 7.61. The topological polar surface area (TPSA) is 38.3 Å². The van der Waals surface area contributed by atoms with E-state index in [4.69, 9.17) is 27.9 Å². The van der Waals surface area contributed by atoms with Crippen molar-refractivity contribution in [3.05, 3.63) is 28.2 Å². The molecule has 1 rings (SSSR count). The molecule has 1 aromatic carbocycles. The lowest BCUT2D eigenvalue weighted by molar-refractivity contribution is -0.127. The number of nitrogens with one attached hydrogen (secondary N) is 1. The predicted molar refractivity (Wildman–Crippen MR) is 79.1 cm³/mol. The summed E-state index contributed by atoms with van der Waals surface area (Å²) in [4.78, 5) is 11.9. The Bertz CT molecular complexity index is 437. The van der Waals surface area contributed by atoms with Crippen LogP contribution in [0.3, 0.4) is 0 Å². The molecule has 2 unspecified atom stereocenters. The summed E-state index contributed by atoms with van der Waals surface area (Å²) in [7, 11) is 0. The Morgan fingerprint density at radius 1 is 1.37 bits per heavy atom. The molecule has 106 valence electrons. The SMILES string of the molecule is CCCC(C)NC(=O)C(C)Oc1cc(Cl)ccc1Cl. The van der Waals surface area contributed by atoms with Gasteiger partial charge in [-0.2, -0.15) is 0 Å². The Morgan fingerprint density at radius 2 is 2.05 bits per heavy atom. The van der Waals surface area contributed by atoms with Crippen LogP contribution in [0.15, 0.2) is 18.2 Å². The van der Waals surface area contributed by atoms with Gasteiger partial charge in [0.2, 0.25) is 0 Å². The van der Waals surface area contributed by atoms with E-state index in [0.29, 0.717) is 15.8 Å². The molecule has 0 fully saturated rings. The Balaban J connectivity index is 2.61. The van der Waals surface area contributed by atoms with Crippen molar-refractivity contribution < 1.29 is 9.53 Å². The van der Waals surface area contributed by atoms with Crippen molar-refractivity contribution in [2.75, 3.05) is 0 Å². The van der Waals surface area contributed by atoms with Crippen molar-refractivity contribution in [3.8, 4) is 5.75 Å². The van der Waals surface area contributed by atoms with Crippen molar-refractivity contribution in [2.24, 2.45) is 0 Å².